The van der Waals surface area contributed by atoms with Crippen LogP contribution < -0.4 is 5.32 Å². The van der Waals surface area contributed by atoms with E-state index in [-0.39, 0.29) is 0 Å². The van der Waals surface area contributed by atoms with Gasteiger partial charge in [-0.25, -0.2) is 0 Å². The summed E-state index contributed by atoms with van der Waals surface area (Å²) in [6.45, 7) is 8.85. The summed E-state index contributed by atoms with van der Waals surface area (Å²) < 4.78 is 0. The molecule has 0 aromatic heterocycles. The summed E-state index contributed by atoms with van der Waals surface area (Å²) in [4.78, 5) is 0. The Morgan fingerprint density at radius 2 is 1.76 bits per heavy atom. The number of hydrogen-bond acceptors (Lipinski definition) is 2. The Kier molecular flexibility index (Phi) is 6.68. The van der Waals surface area contributed by atoms with Gasteiger partial charge in [-0.3, -0.25) is 0 Å². The van der Waals surface area contributed by atoms with Crippen molar-refractivity contribution in [3.63, 3.8) is 0 Å². The zero-order valence-electron chi connectivity index (χ0n) is 11.5. The van der Waals surface area contributed by atoms with Gasteiger partial charge in [-0.15, -0.1) is 0 Å². The van der Waals surface area contributed by atoms with Crippen LogP contribution in [0.5, 0.6) is 0 Å². The molecule has 0 heterocycles. The summed E-state index contributed by atoms with van der Waals surface area (Å²) in [6, 6.07) is 8.96. The van der Waals surface area contributed by atoms with Crippen molar-refractivity contribution in [3.05, 3.63) is 35.4 Å². The van der Waals surface area contributed by atoms with Crippen molar-refractivity contribution in [2.75, 3.05) is 18.6 Å². The van der Waals surface area contributed by atoms with Gasteiger partial charge < -0.3 is 5.32 Å². The molecule has 0 radical (unpaired) electrons. The quantitative estimate of drug-likeness (QED) is 0.789. The standard InChI is InChI=1S/C15H25NS/c1-12(2)15-7-5-14(6-8-15)10-16-9-13(3)11-17-4/h5-8,12-13,16H,9-11H2,1-4H3. The fourth-order valence-electron chi connectivity index (χ4n) is 1.83. The zero-order valence-corrected chi connectivity index (χ0v) is 12.3. The Hall–Kier alpha value is -0.470. The maximum Gasteiger partial charge on any atom is 0.0205 e. The third kappa shape index (κ3) is 5.60. The molecule has 1 unspecified atom stereocenters. The van der Waals surface area contributed by atoms with Gasteiger partial charge in [0.2, 0.25) is 0 Å². The third-order valence-corrected chi connectivity index (χ3v) is 3.82. The van der Waals surface area contributed by atoms with Gasteiger partial charge in [0.05, 0.1) is 0 Å². The molecule has 0 saturated carbocycles. The number of nitrogens with one attached hydrogen (secondary N) is 1. The minimum atomic E-state index is 0.624. The van der Waals surface area contributed by atoms with Crippen LogP contribution in [0.4, 0.5) is 0 Å². The van der Waals surface area contributed by atoms with E-state index in [1.54, 1.807) is 0 Å². The van der Waals surface area contributed by atoms with Gasteiger partial charge in [-0.2, -0.15) is 11.8 Å². The van der Waals surface area contributed by atoms with Crippen LogP contribution in [-0.2, 0) is 6.54 Å². The first-order chi connectivity index (χ1) is 8.13. The van der Waals surface area contributed by atoms with Crippen LogP contribution in [-0.4, -0.2) is 18.6 Å². The predicted molar refractivity (Wildman–Crippen MR) is 79.8 cm³/mol. The second kappa shape index (κ2) is 7.78. The molecule has 1 atom stereocenters. The van der Waals surface area contributed by atoms with E-state index in [2.05, 4.69) is 56.6 Å². The van der Waals surface area contributed by atoms with E-state index in [4.69, 9.17) is 0 Å². The Labute approximate surface area is 110 Å². The van der Waals surface area contributed by atoms with E-state index in [0.717, 1.165) is 19.0 Å². The minimum absolute atomic E-state index is 0.624. The highest BCUT2D eigenvalue weighted by Crippen LogP contribution is 2.14. The van der Waals surface area contributed by atoms with Crippen LogP contribution in [0, 0.1) is 5.92 Å². The van der Waals surface area contributed by atoms with Gasteiger partial charge in [0.25, 0.3) is 0 Å². The topological polar surface area (TPSA) is 12.0 Å². The van der Waals surface area contributed by atoms with Crippen molar-refractivity contribution in [2.24, 2.45) is 5.92 Å². The lowest BCUT2D eigenvalue weighted by Gasteiger charge is -2.12. The van der Waals surface area contributed by atoms with Crippen molar-refractivity contribution in [1.29, 1.82) is 0 Å². The van der Waals surface area contributed by atoms with E-state index >= 15 is 0 Å². The Morgan fingerprint density at radius 3 is 2.29 bits per heavy atom. The molecule has 0 spiro atoms. The molecule has 0 aliphatic heterocycles. The molecule has 1 N–H and O–H groups in total. The highest BCUT2D eigenvalue weighted by atomic mass is 32.2. The molecule has 0 bridgehead atoms. The van der Waals surface area contributed by atoms with Crippen LogP contribution in [0.1, 0.15) is 37.8 Å². The Balaban J connectivity index is 2.32. The summed E-state index contributed by atoms with van der Waals surface area (Å²) in [6.07, 6.45) is 2.17. The van der Waals surface area contributed by atoms with E-state index in [1.807, 2.05) is 11.8 Å². The lowest BCUT2D eigenvalue weighted by atomic mass is 10.0. The van der Waals surface area contributed by atoms with Crippen molar-refractivity contribution < 1.29 is 0 Å². The van der Waals surface area contributed by atoms with Crippen LogP contribution in [0.15, 0.2) is 24.3 Å². The molecule has 1 rings (SSSR count). The molecule has 0 aliphatic rings. The second-order valence-corrected chi connectivity index (χ2v) is 6.00. The largest absolute Gasteiger partial charge is 0.312 e. The summed E-state index contributed by atoms with van der Waals surface area (Å²) in [5.41, 5.74) is 2.80. The Morgan fingerprint density at radius 1 is 1.12 bits per heavy atom. The zero-order chi connectivity index (χ0) is 12.7. The van der Waals surface area contributed by atoms with E-state index in [9.17, 15) is 0 Å². The summed E-state index contributed by atoms with van der Waals surface area (Å²) in [5, 5.41) is 3.52. The maximum atomic E-state index is 3.52. The first-order valence-corrected chi connectivity index (χ1v) is 7.81. The van der Waals surface area contributed by atoms with Crippen molar-refractivity contribution in [2.45, 2.75) is 33.2 Å². The normalized spacial score (nSPS) is 13.0. The molecular weight excluding hydrogens is 226 g/mol. The molecule has 96 valence electrons. The lowest BCUT2D eigenvalue weighted by Crippen LogP contribution is -2.21. The van der Waals surface area contributed by atoms with Gasteiger partial charge in [0, 0.05) is 6.54 Å². The van der Waals surface area contributed by atoms with Crippen LogP contribution >= 0.6 is 11.8 Å². The third-order valence-electron chi connectivity index (χ3n) is 2.92. The van der Waals surface area contributed by atoms with Crippen LogP contribution in [0.2, 0.25) is 0 Å². The van der Waals surface area contributed by atoms with Gasteiger partial charge in [-0.05, 0) is 41.5 Å². The fourth-order valence-corrected chi connectivity index (χ4v) is 2.51. The molecule has 17 heavy (non-hydrogen) atoms. The predicted octanol–water partition coefficient (Wildman–Crippen LogP) is 3.90. The molecular formula is C15H25NS. The van der Waals surface area contributed by atoms with Gasteiger partial charge in [0.15, 0.2) is 0 Å². The molecule has 1 nitrogen and oxygen atoms in total. The number of hydrogen-bond donors (Lipinski definition) is 1. The molecule has 0 aliphatic carbocycles. The average Bonchev–Trinajstić information content (AvgIpc) is 2.30. The van der Waals surface area contributed by atoms with Gasteiger partial charge in [0.1, 0.15) is 0 Å². The summed E-state index contributed by atoms with van der Waals surface area (Å²) in [5.74, 6) is 2.61. The molecule has 0 saturated heterocycles. The first kappa shape index (κ1) is 14.6. The highest BCUT2D eigenvalue weighted by Gasteiger charge is 2.01. The van der Waals surface area contributed by atoms with Gasteiger partial charge >= 0.3 is 0 Å². The summed E-state index contributed by atoms with van der Waals surface area (Å²) >= 11 is 1.92. The monoisotopic (exact) mass is 251 g/mol. The highest BCUT2D eigenvalue weighted by molar-refractivity contribution is 7.98. The number of benzene rings is 1. The molecule has 1 aromatic rings. The molecule has 1 aromatic carbocycles. The summed E-state index contributed by atoms with van der Waals surface area (Å²) in [7, 11) is 0. The molecule has 2 heteroatoms. The Bertz CT molecular complexity index is 305. The molecule has 0 fully saturated rings. The minimum Gasteiger partial charge on any atom is -0.312 e. The van der Waals surface area contributed by atoms with Crippen LogP contribution in [0.25, 0.3) is 0 Å². The number of rotatable bonds is 7. The SMILES string of the molecule is CSCC(C)CNCc1ccc(C(C)C)cc1. The average molecular weight is 251 g/mol. The maximum absolute atomic E-state index is 3.52. The van der Waals surface area contributed by atoms with Crippen LogP contribution in [0.3, 0.4) is 0 Å². The lowest BCUT2D eigenvalue weighted by molar-refractivity contribution is 0.559. The fraction of sp³-hybridized carbons (Fsp3) is 0.600. The smallest absolute Gasteiger partial charge is 0.0205 e. The van der Waals surface area contributed by atoms with E-state index in [0.29, 0.717) is 5.92 Å². The van der Waals surface area contributed by atoms with E-state index in [1.165, 1.54) is 16.9 Å². The van der Waals surface area contributed by atoms with Gasteiger partial charge in [-0.1, -0.05) is 45.0 Å². The van der Waals surface area contributed by atoms with E-state index < -0.39 is 0 Å². The first-order valence-electron chi connectivity index (χ1n) is 6.42. The molecule has 0 amide bonds. The number of thioether (sulfide) groups is 1. The van der Waals surface area contributed by atoms with Crippen molar-refractivity contribution in [1.82, 2.24) is 5.32 Å². The van der Waals surface area contributed by atoms with Crippen molar-refractivity contribution >= 4 is 11.8 Å². The van der Waals surface area contributed by atoms with Crippen molar-refractivity contribution in [3.8, 4) is 0 Å². The second-order valence-electron chi connectivity index (χ2n) is 5.09.